The van der Waals surface area contributed by atoms with E-state index in [1.807, 2.05) is 0 Å². The van der Waals surface area contributed by atoms with Gasteiger partial charge in [0.15, 0.2) is 0 Å². The van der Waals surface area contributed by atoms with E-state index in [0.717, 1.165) is 10.8 Å². The molecular formula is C8H10F3N3. The monoisotopic (exact) mass is 205 g/mol. The minimum absolute atomic E-state index is 0.324. The van der Waals surface area contributed by atoms with Gasteiger partial charge in [-0.15, -0.1) is 0 Å². The van der Waals surface area contributed by atoms with Crippen LogP contribution in [-0.2, 0) is 18.8 Å². The molecule has 0 amide bonds. The summed E-state index contributed by atoms with van der Waals surface area (Å²) < 4.78 is 38.1. The lowest BCUT2D eigenvalue weighted by Crippen LogP contribution is -2.24. The predicted octanol–water partition coefficient (Wildman–Crippen LogP) is 1.39. The molecule has 1 aliphatic carbocycles. The van der Waals surface area contributed by atoms with Gasteiger partial charge in [0, 0.05) is 7.05 Å². The van der Waals surface area contributed by atoms with Crippen LogP contribution in [0.5, 0.6) is 0 Å². The van der Waals surface area contributed by atoms with Crippen LogP contribution in [0.1, 0.15) is 24.4 Å². The van der Waals surface area contributed by atoms with Crippen LogP contribution < -0.4 is 5.73 Å². The lowest BCUT2D eigenvalue weighted by atomic mass is 10.3. The molecule has 1 heterocycles. The normalized spacial score (nSPS) is 19.8. The van der Waals surface area contributed by atoms with E-state index in [-0.39, 0.29) is 0 Å². The molecule has 1 aromatic heterocycles. The number of aromatic nitrogens is 2. The first-order valence-corrected chi connectivity index (χ1v) is 4.23. The lowest BCUT2D eigenvalue weighted by molar-refractivity contribution is -0.143. The SMILES string of the molecule is Cn1c(C(F)(F)F)cnc1C1(N)CC1. The average Bonchev–Trinajstić information content (AvgIpc) is 2.60. The van der Waals surface area contributed by atoms with Gasteiger partial charge in [-0.3, -0.25) is 0 Å². The van der Waals surface area contributed by atoms with E-state index in [1.165, 1.54) is 7.05 Å². The van der Waals surface area contributed by atoms with Crippen LogP contribution in [0, 0.1) is 0 Å². The van der Waals surface area contributed by atoms with Crippen molar-refractivity contribution in [3.8, 4) is 0 Å². The van der Waals surface area contributed by atoms with Crippen molar-refractivity contribution >= 4 is 0 Å². The molecule has 2 rings (SSSR count). The maximum absolute atomic E-state index is 12.4. The quantitative estimate of drug-likeness (QED) is 0.752. The molecule has 6 heteroatoms. The zero-order chi connectivity index (χ0) is 10.6. The Labute approximate surface area is 78.7 Å². The number of imidazole rings is 1. The van der Waals surface area contributed by atoms with Crippen molar-refractivity contribution in [2.24, 2.45) is 12.8 Å². The van der Waals surface area contributed by atoms with Gasteiger partial charge in [0.1, 0.15) is 11.5 Å². The van der Waals surface area contributed by atoms with Gasteiger partial charge in [0.2, 0.25) is 0 Å². The molecule has 14 heavy (non-hydrogen) atoms. The lowest BCUT2D eigenvalue weighted by Gasteiger charge is -2.11. The predicted molar refractivity (Wildman–Crippen MR) is 43.3 cm³/mol. The molecule has 3 nitrogen and oxygen atoms in total. The van der Waals surface area contributed by atoms with E-state index in [9.17, 15) is 13.2 Å². The number of nitrogens with two attached hydrogens (primary N) is 1. The van der Waals surface area contributed by atoms with E-state index >= 15 is 0 Å². The molecule has 1 fully saturated rings. The molecule has 0 aromatic carbocycles. The van der Waals surface area contributed by atoms with E-state index in [1.54, 1.807) is 0 Å². The average molecular weight is 205 g/mol. The van der Waals surface area contributed by atoms with Crippen LogP contribution in [0.15, 0.2) is 6.20 Å². The van der Waals surface area contributed by atoms with Crippen LogP contribution in [0.3, 0.4) is 0 Å². The highest BCUT2D eigenvalue weighted by atomic mass is 19.4. The van der Waals surface area contributed by atoms with Crippen LogP contribution in [0.25, 0.3) is 0 Å². The third kappa shape index (κ3) is 1.30. The summed E-state index contributed by atoms with van der Waals surface area (Å²) in [6, 6.07) is 0. The number of rotatable bonds is 1. The third-order valence-corrected chi connectivity index (χ3v) is 2.51. The molecule has 1 saturated carbocycles. The van der Waals surface area contributed by atoms with Gasteiger partial charge < -0.3 is 10.3 Å². The van der Waals surface area contributed by atoms with E-state index in [4.69, 9.17) is 5.73 Å². The van der Waals surface area contributed by atoms with Crippen molar-refractivity contribution in [2.45, 2.75) is 24.6 Å². The molecule has 0 radical (unpaired) electrons. The fraction of sp³-hybridized carbons (Fsp3) is 0.625. The smallest absolute Gasteiger partial charge is 0.326 e. The second kappa shape index (κ2) is 2.50. The third-order valence-electron chi connectivity index (χ3n) is 2.51. The van der Waals surface area contributed by atoms with Crippen molar-refractivity contribution in [1.29, 1.82) is 0 Å². The van der Waals surface area contributed by atoms with Gasteiger partial charge in [0.05, 0.1) is 11.7 Å². The Balaban J connectivity index is 2.43. The highest BCUT2D eigenvalue weighted by Crippen LogP contribution is 2.43. The first-order valence-electron chi connectivity index (χ1n) is 4.23. The molecule has 0 saturated heterocycles. The highest BCUT2D eigenvalue weighted by Gasteiger charge is 2.46. The summed E-state index contributed by atoms with van der Waals surface area (Å²) in [7, 11) is 1.35. The van der Waals surface area contributed by atoms with Crippen LogP contribution in [-0.4, -0.2) is 9.55 Å². The largest absolute Gasteiger partial charge is 0.432 e. The molecule has 0 spiro atoms. The van der Waals surface area contributed by atoms with E-state index in [0.29, 0.717) is 18.7 Å². The summed E-state index contributed by atoms with van der Waals surface area (Å²) in [4.78, 5) is 3.73. The molecular weight excluding hydrogens is 195 g/mol. The molecule has 78 valence electrons. The van der Waals surface area contributed by atoms with Gasteiger partial charge >= 0.3 is 6.18 Å². The van der Waals surface area contributed by atoms with Crippen molar-refractivity contribution in [1.82, 2.24) is 9.55 Å². The van der Waals surface area contributed by atoms with Crippen LogP contribution in [0.2, 0.25) is 0 Å². The zero-order valence-electron chi connectivity index (χ0n) is 7.60. The van der Waals surface area contributed by atoms with Crippen LogP contribution in [0.4, 0.5) is 13.2 Å². The zero-order valence-corrected chi connectivity index (χ0v) is 7.60. The summed E-state index contributed by atoms with van der Waals surface area (Å²) >= 11 is 0. The number of alkyl halides is 3. The summed E-state index contributed by atoms with van der Waals surface area (Å²) in [6.45, 7) is 0. The first-order chi connectivity index (χ1) is 6.34. The summed E-state index contributed by atoms with van der Waals surface area (Å²) in [5.74, 6) is 0.324. The molecule has 1 aromatic rings. The Morgan fingerprint density at radius 3 is 2.43 bits per heavy atom. The van der Waals surface area contributed by atoms with Crippen molar-refractivity contribution in [2.75, 3.05) is 0 Å². The summed E-state index contributed by atoms with van der Waals surface area (Å²) in [5.41, 5.74) is 4.40. The van der Waals surface area contributed by atoms with Crippen molar-refractivity contribution in [3.63, 3.8) is 0 Å². The standard InChI is InChI=1S/C8H10F3N3/c1-14-5(8(9,10)11)4-13-6(14)7(12)2-3-7/h4H,2-3,12H2,1H3. The Hall–Kier alpha value is -1.04. The minimum Gasteiger partial charge on any atom is -0.326 e. The molecule has 1 aliphatic rings. The Morgan fingerprint density at radius 2 is 2.07 bits per heavy atom. The number of nitrogens with zero attached hydrogens (tertiary/aromatic N) is 2. The molecule has 0 unspecified atom stereocenters. The second-order valence-electron chi connectivity index (χ2n) is 3.68. The maximum atomic E-state index is 12.4. The molecule has 0 bridgehead atoms. The fourth-order valence-corrected chi connectivity index (χ4v) is 1.49. The highest BCUT2D eigenvalue weighted by molar-refractivity contribution is 5.20. The van der Waals surface area contributed by atoms with Gasteiger partial charge in [0.25, 0.3) is 0 Å². The van der Waals surface area contributed by atoms with Gasteiger partial charge in [-0.1, -0.05) is 0 Å². The maximum Gasteiger partial charge on any atom is 0.432 e. The van der Waals surface area contributed by atoms with Crippen molar-refractivity contribution in [3.05, 3.63) is 17.7 Å². The Bertz CT molecular complexity index is 340. The number of hydrogen-bond donors (Lipinski definition) is 1. The van der Waals surface area contributed by atoms with Gasteiger partial charge in [-0.2, -0.15) is 13.2 Å². The first kappa shape index (κ1) is 9.51. The minimum atomic E-state index is -4.36. The fourth-order valence-electron chi connectivity index (χ4n) is 1.49. The Morgan fingerprint density at radius 1 is 1.50 bits per heavy atom. The van der Waals surface area contributed by atoms with E-state index < -0.39 is 17.4 Å². The summed E-state index contributed by atoms with van der Waals surface area (Å²) in [5, 5.41) is 0. The molecule has 0 atom stereocenters. The second-order valence-corrected chi connectivity index (χ2v) is 3.68. The molecule has 0 aliphatic heterocycles. The van der Waals surface area contributed by atoms with Gasteiger partial charge in [-0.05, 0) is 12.8 Å². The summed E-state index contributed by atoms with van der Waals surface area (Å²) in [6.07, 6.45) is -2.11. The van der Waals surface area contributed by atoms with Gasteiger partial charge in [-0.25, -0.2) is 4.98 Å². The molecule has 2 N–H and O–H groups in total. The number of halogens is 3. The topological polar surface area (TPSA) is 43.8 Å². The number of hydrogen-bond acceptors (Lipinski definition) is 2. The van der Waals surface area contributed by atoms with Crippen molar-refractivity contribution < 1.29 is 13.2 Å². The van der Waals surface area contributed by atoms with E-state index in [2.05, 4.69) is 4.98 Å². The Kier molecular flexibility index (Phi) is 1.70. The van der Waals surface area contributed by atoms with Crippen LogP contribution >= 0.6 is 0 Å².